The summed E-state index contributed by atoms with van der Waals surface area (Å²) < 4.78 is 32.4. The average molecular weight is 456 g/mol. The maximum absolute atomic E-state index is 13.7. The maximum atomic E-state index is 13.7. The van der Waals surface area contributed by atoms with Crippen molar-refractivity contribution >= 4 is 18.2 Å². The molecule has 8 heteroatoms. The molecule has 0 radical (unpaired) electrons. The zero-order chi connectivity index (χ0) is 21.5. The van der Waals surface area contributed by atoms with E-state index in [1.54, 1.807) is 12.1 Å². The van der Waals surface area contributed by atoms with Crippen LogP contribution in [0.4, 0.5) is 8.78 Å². The van der Waals surface area contributed by atoms with Crippen molar-refractivity contribution < 1.29 is 28.5 Å². The number of rotatable bonds is 9. The Kier molecular flexibility index (Phi) is 9.84. The number of benzene rings is 2. The highest BCUT2D eigenvalue weighted by molar-refractivity contribution is 5.98. The number of nitrogens with zero attached hydrogens (tertiary/aromatic N) is 1. The summed E-state index contributed by atoms with van der Waals surface area (Å²) in [5.74, 6) is -0.938. The summed E-state index contributed by atoms with van der Waals surface area (Å²) in [6.45, 7) is 1.80. The minimum Gasteiger partial charge on any atom is -0.490 e. The number of carbonyl (C=O) groups is 1. The number of piperidine rings is 1. The van der Waals surface area contributed by atoms with Crippen LogP contribution in [0.15, 0.2) is 42.5 Å². The second-order valence-electron chi connectivity index (χ2n) is 7.69. The van der Waals surface area contributed by atoms with Gasteiger partial charge in [-0.25, -0.2) is 8.78 Å². The third-order valence-electron chi connectivity index (χ3n) is 5.25. The Morgan fingerprint density at radius 3 is 2.42 bits per heavy atom. The fourth-order valence-electron chi connectivity index (χ4n) is 3.53. The molecule has 170 valence electrons. The highest BCUT2D eigenvalue weighted by Crippen LogP contribution is 2.23. The fourth-order valence-corrected chi connectivity index (χ4v) is 3.53. The topological polar surface area (TPSA) is 70.0 Å². The summed E-state index contributed by atoms with van der Waals surface area (Å²) in [7, 11) is 0. The van der Waals surface area contributed by atoms with E-state index in [0.29, 0.717) is 38.9 Å². The number of aliphatic hydroxyl groups is 2. The molecule has 3 rings (SSSR count). The quantitative estimate of drug-likeness (QED) is 0.567. The van der Waals surface area contributed by atoms with E-state index in [1.165, 1.54) is 24.3 Å². The standard InChI is InChI=1S/C23H27F2NO4.ClH/c24-17-4-1-16(2-5-17)3-7-22(29)21-13-18(25)6-8-23(21)30-15-20(28)14-26-11-9-19(27)10-12-26;/h1-2,4-6,8,13,19-20,27-28H,3,7,9-12,14-15H2;1H. The van der Waals surface area contributed by atoms with E-state index in [-0.39, 0.29) is 54.5 Å². The Morgan fingerprint density at radius 1 is 1.10 bits per heavy atom. The van der Waals surface area contributed by atoms with E-state index in [4.69, 9.17) is 4.74 Å². The Bertz CT molecular complexity index is 842. The molecule has 0 aliphatic carbocycles. The van der Waals surface area contributed by atoms with Crippen molar-refractivity contribution in [3.8, 4) is 5.75 Å². The smallest absolute Gasteiger partial charge is 0.167 e. The van der Waals surface area contributed by atoms with Gasteiger partial charge in [0, 0.05) is 26.1 Å². The van der Waals surface area contributed by atoms with Gasteiger partial charge in [-0.2, -0.15) is 0 Å². The molecule has 2 aromatic rings. The lowest BCUT2D eigenvalue weighted by molar-refractivity contribution is 0.0336. The van der Waals surface area contributed by atoms with Gasteiger partial charge in [-0.15, -0.1) is 12.4 Å². The Morgan fingerprint density at radius 2 is 1.74 bits per heavy atom. The highest BCUT2D eigenvalue weighted by atomic mass is 35.5. The lowest BCUT2D eigenvalue weighted by atomic mass is 10.0. The van der Waals surface area contributed by atoms with Crippen LogP contribution in [-0.2, 0) is 6.42 Å². The van der Waals surface area contributed by atoms with E-state index in [1.807, 2.05) is 0 Å². The molecule has 1 atom stereocenters. The molecule has 0 spiro atoms. The normalized spacial score (nSPS) is 15.9. The molecule has 31 heavy (non-hydrogen) atoms. The third-order valence-corrected chi connectivity index (χ3v) is 5.25. The van der Waals surface area contributed by atoms with Crippen molar-refractivity contribution in [2.75, 3.05) is 26.2 Å². The van der Waals surface area contributed by atoms with E-state index in [0.717, 1.165) is 11.6 Å². The molecular weight excluding hydrogens is 428 g/mol. The zero-order valence-corrected chi connectivity index (χ0v) is 18.0. The second-order valence-corrected chi connectivity index (χ2v) is 7.69. The predicted octanol–water partition coefficient (Wildman–Crippen LogP) is 3.40. The van der Waals surface area contributed by atoms with Gasteiger partial charge in [-0.05, 0) is 55.2 Å². The Balaban J connectivity index is 0.00000341. The summed E-state index contributed by atoms with van der Waals surface area (Å²) in [6, 6.07) is 9.64. The molecule has 0 saturated carbocycles. The number of carbonyl (C=O) groups excluding carboxylic acids is 1. The number of Topliss-reactive ketones (excluding diaryl/α,β-unsaturated/α-hetero) is 1. The van der Waals surface area contributed by atoms with Gasteiger partial charge in [0.05, 0.1) is 11.7 Å². The average Bonchev–Trinajstić information content (AvgIpc) is 2.74. The number of hydrogen-bond acceptors (Lipinski definition) is 5. The van der Waals surface area contributed by atoms with Crippen LogP contribution < -0.4 is 4.74 Å². The van der Waals surface area contributed by atoms with E-state index < -0.39 is 11.9 Å². The largest absolute Gasteiger partial charge is 0.490 e. The van der Waals surface area contributed by atoms with Crippen LogP contribution in [0.25, 0.3) is 0 Å². The molecule has 1 fully saturated rings. The first kappa shape index (κ1) is 25.2. The van der Waals surface area contributed by atoms with E-state index in [2.05, 4.69) is 4.90 Å². The van der Waals surface area contributed by atoms with Gasteiger partial charge in [0.2, 0.25) is 0 Å². The van der Waals surface area contributed by atoms with Crippen LogP contribution in [0.3, 0.4) is 0 Å². The second kappa shape index (κ2) is 12.1. The van der Waals surface area contributed by atoms with Crippen molar-refractivity contribution in [3.63, 3.8) is 0 Å². The molecule has 0 aromatic heterocycles. The van der Waals surface area contributed by atoms with Gasteiger partial charge in [0.1, 0.15) is 30.1 Å². The molecule has 1 unspecified atom stereocenters. The first-order valence-corrected chi connectivity index (χ1v) is 10.2. The summed E-state index contributed by atoms with van der Waals surface area (Å²) >= 11 is 0. The number of aliphatic hydroxyl groups excluding tert-OH is 2. The highest BCUT2D eigenvalue weighted by Gasteiger charge is 2.20. The molecule has 2 N–H and O–H groups in total. The van der Waals surface area contributed by atoms with Gasteiger partial charge in [0.25, 0.3) is 0 Å². The van der Waals surface area contributed by atoms with Gasteiger partial charge >= 0.3 is 0 Å². The first-order chi connectivity index (χ1) is 14.4. The van der Waals surface area contributed by atoms with Crippen LogP contribution >= 0.6 is 12.4 Å². The van der Waals surface area contributed by atoms with Crippen molar-refractivity contribution in [3.05, 3.63) is 65.2 Å². The SMILES string of the molecule is Cl.O=C(CCc1ccc(F)cc1)c1cc(F)ccc1OCC(O)CN1CCC(O)CC1. The lowest BCUT2D eigenvalue weighted by Gasteiger charge is -2.30. The summed E-state index contributed by atoms with van der Waals surface area (Å²) in [5, 5.41) is 19.8. The monoisotopic (exact) mass is 455 g/mol. The minimum atomic E-state index is -0.771. The summed E-state index contributed by atoms with van der Waals surface area (Å²) in [4.78, 5) is 14.7. The lowest BCUT2D eigenvalue weighted by Crippen LogP contribution is -2.41. The van der Waals surface area contributed by atoms with Crippen LogP contribution in [0.5, 0.6) is 5.75 Å². The number of β-amino-alcohol motifs (C(OH)–C–C–N with tert-alkyl or cyclic N) is 1. The van der Waals surface area contributed by atoms with Crippen LogP contribution in [0, 0.1) is 11.6 Å². The fraction of sp³-hybridized carbons (Fsp3) is 0.435. The number of ketones is 1. The van der Waals surface area contributed by atoms with Crippen LogP contribution in [-0.4, -0.2) is 59.3 Å². The van der Waals surface area contributed by atoms with Crippen molar-refractivity contribution in [1.82, 2.24) is 4.90 Å². The molecule has 1 heterocycles. The van der Waals surface area contributed by atoms with Crippen molar-refractivity contribution in [1.29, 1.82) is 0 Å². The molecular formula is C23H28ClF2NO4. The van der Waals surface area contributed by atoms with Gasteiger partial charge in [-0.3, -0.25) is 4.79 Å². The molecule has 2 aromatic carbocycles. The third kappa shape index (κ3) is 7.85. The summed E-state index contributed by atoms with van der Waals surface area (Å²) in [6.07, 6.45) is 0.837. The molecule has 1 saturated heterocycles. The number of halogens is 3. The zero-order valence-electron chi connectivity index (χ0n) is 17.2. The molecule has 1 aliphatic heterocycles. The predicted molar refractivity (Wildman–Crippen MR) is 116 cm³/mol. The minimum absolute atomic E-state index is 0. The first-order valence-electron chi connectivity index (χ1n) is 10.2. The van der Waals surface area contributed by atoms with Crippen molar-refractivity contribution in [2.45, 2.75) is 37.9 Å². The van der Waals surface area contributed by atoms with Gasteiger partial charge < -0.3 is 19.8 Å². The van der Waals surface area contributed by atoms with Gasteiger partial charge in [0.15, 0.2) is 5.78 Å². The molecule has 1 aliphatic rings. The maximum Gasteiger partial charge on any atom is 0.167 e. The van der Waals surface area contributed by atoms with Crippen LogP contribution in [0.1, 0.15) is 35.2 Å². The Hall–Kier alpha value is -2.06. The summed E-state index contributed by atoms with van der Waals surface area (Å²) in [5.41, 5.74) is 0.941. The molecule has 5 nitrogen and oxygen atoms in total. The van der Waals surface area contributed by atoms with E-state index in [9.17, 15) is 23.8 Å². The Labute approximate surface area is 187 Å². The van der Waals surface area contributed by atoms with Crippen molar-refractivity contribution in [2.24, 2.45) is 0 Å². The molecule has 0 bridgehead atoms. The number of hydrogen-bond donors (Lipinski definition) is 2. The van der Waals surface area contributed by atoms with E-state index >= 15 is 0 Å². The number of ether oxygens (including phenoxy) is 1. The van der Waals surface area contributed by atoms with Crippen LogP contribution in [0.2, 0.25) is 0 Å². The number of aryl methyl sites for hydroxylation is 1. The van der Waals surface area contributed by atoms with Gasteiger partial charge in [-0.1, -0.05) is 12.1 Å². The number of likely N-dealkylation sites (tertiary alicyclic amines) is 1. The molecule has 0 amide bonds.